The molecule has 1 aliphatic rings. The van der Waals surface area contributed by atoms with Gasteiger partial charge in [-0.25, -0.2) is 14.6 Å². The van der Waals surface area contributed by atoms with Crippen molar-refractivity contribution in [3.05, 3.63) is 53.5 Å². The standard InChI is InChI=1S/C20H24N6O3.ClH/c1-13(21)20-23-19(14-6-4-3-5-7-14)24-26(20)11-18(27)25-9-8-16-15(10-25)22-17(29-16)12-28-2;/h3-7,13H,8-12,21H2,1-2H3;1H/t13-;/m0./s1. The Morgan fingerprint density at radius 3 is 2.77 bits per heavy atom. The molecular formula is C20H25ClN6O3. The first-order valence-corrected chi connectivity index (χ1v) is 9.55. The van der Waals surface area contributed by atoms with Crippen molar-refractivity contribution in [3.63, 3.8) is 0 Å². The number of carbonyl (C=O) groups excluding carboxylic acids is 1. The number of rotatable bonds is 6. The molecule has 3 aromatic rings. The molecule has 4 rings (SSSR count). The van der Waals surface area contributed by atoms with Crippen molar-refractivity contribution in [2.24, 2.45) is 5.73 Å². The number of fused-ring (bicyclic) bond motifs is 1. The summed E-state index contributed by atoms with van der Waals surface area (Å²) in [6, 6.07) is 9.31. The predicted molar refractivity (Wildman–Crippen MR) is 112 cm³/mol. The van der Waals surface area contributed by atoms with Crippen LogP contribution >= 0.6 is 12.4 Å². The van der Waals surface area contributed by atoms with Gasteiger partial charge in [0.15, 0.2) is 5.82 Å². The van der Waals surface area contributed by atoms with Crippen LogP contribution in [-0.4, -0.2) is 44.2 Å². The van der Waals surface area contributed by atoms with Crippen molar-refractivity contribution in [1.29, 1.82) is 0 Å². The molecule has 0 spiro atoms. The molecule has 1 aromatic carbocycles. The van der Waals surface area contributed by atoms with Crippen molar-refractivity contribution in [2.45, 2.75) is 39.1 Å². The molecule has 1 aliphatic heterocycles. The lowest BCUT2D eigenvalue weighted by Gasteiger charge is -2.25. The number of nitrogens with zero attached hydrogens (tertiary/aromatic N) is 5. The minimum atomic E-state index is -0.340. The lowest BCUT2D eigenvalue weighted by atomic mass is 10.1. The van der Waals surface area contributed by atoms with Crippen molar-refractivity contribution in [2.75, 3.05) is 13.7 Å². The molecule has 0 aliphatic carbocycles. The Bertz CT molecular complexity index is 1000. The van der Waals surface area contributed by atoms with Crippen LogP contribution < -0.4 is 5.73 Å². The highest BCUT2D eigenvalue weighted by molar-refractivity contribution is 5.85. The van der Waals surface area contributed by atoms with Crippen molar-refractivity contribution >= 4 is 18.3 Å². The lowest BCUT2D eigenvalue weighted by Crippen LogP contribution is -2.38. The topological polar surface area (TPSA) is 112 Å². The van der Waals surface area contributed by atoms with E-state index in [4.69, 9.17) is 14.9 Å². The Morgan fingerprint density at radius 2 is 2.07 bits per heavy atom. The number of methoxy groups -OCH3 is 1. The maximum Gasteiger partial charge on any atom is 0.244 e. The summed E-state index contributed by atoms with van der Waals surface area (Å²) in [7, 11) is 1.59. The molecule has 9 nitrogen and oxygen atoms in total. The van der Waals surface area contributed by atoms with Gasteiger partial charge in [-0.2, -0.15) is 5.10 Å². The first-order chi connectivity index (χ1) is 14.0. The van der Waals surface area contributed by atoms with Gasteiger partial charge in [-0.3, -0.25) is 4.79 Å². The van der Waals surface area contributed by atoms with E-state index in [-0.39, 0.29) is 30.9 Å². The molecule has 160 valence electrons. The van der Waals surface area contributed by atoms with Gasteiger partial charge in [0.05, 0.1) is 12.6 Å². The smallest absolute Gasteiger partial charge is 0.244 e. The quantitative estimate of drug-likeness (QED) is 0.634. The first kappa shape index (κ1) is 21.9. The second-order valence-electron chi connectivity index (χ2n) is 7.08. The van der Waals surface area contributed by atoms with E-state index in [0.717, 1.165) is 17.0 Å². The maximum absolute atomic E-state index is 12.9. The van der Waals surface area contributed by atoms with E-state index >= 15 is 0 Å². The molecule has 1 atom stereocenters. The molecule has 0 unspecified atom stereocenters. The van der Waals surface area contributed by atoms with Gasteiger partial charge in [-0.1, -0.05) is 30.3 Å². The van der Waals surface area contributed by atoms with Crippen molar-refractivity contribution < 1.29 is 13.9 Å². The van der Waals surface area contributed by atoms with Gasteiger partial charge in [0, 0.05) is 25.6 Å². The van der Waals surface area contributed by atoms with Gasteiger partial charge in [0.2, 0.25) is 11.8 Å². The van der Waals surface area contributed by atoms with E-state index in [0.29, 0.717) is 43.7 Å². The molecule has 2 N–H and O–H groups in total. The number of nitrogens with two attached hydrogens (primary N) is 1. The maximum atomic E-state index is 12.9. The number of amides is 1. The second kappa shape index (κ2) is 9.38. The number of hydrogen-bond acceptors (Lipinski definition) is 7. The molecule has 2 aromatic heterocycles. The van der Waals surface area contributed by atoms with Crippen LogP contribution in [-0.2, 0) is 35.6 Å². The van der Waals surface area contributed by atoms with Gasteiger partial charge in [-0.15, -0.1) is 12.4 Å². The van der Waals surface area contributed by atoms with Crippen molar-refractivity contribution in [3.8, 4) is 11.4 Å². The number of aromatic nitrogens is 4. The van der Waals surface area contributed by atoms with E-state index in [9.17, 15) is 4.79 Å². The molecule has 0 fully saturated rings. The number of benzene rings is 1. The third-order valence-corrected chi connectivity index (χ3v) is 4.82. The SMILES string of the molecule is COCc1nc2c(o1)CCN(C(=O)Cn1nc(-c3ccccc3)nc1[C@H](C)N)C2.Cl. The summed E-state index contributed by atoms with van der Waals surface area (Å²) in [5.41, 5.74) is 7.74. The van der Waals surface area contributed by atoms with Gasteiger partial charge in [-0.05, 0) is 6.92 Å². The number of ether oxygens (including phenoxy) is 1. The summed E-state index contributed by atoms with van der Waals surface area (Å²) in [5, 5.41) is 4.54. The van der Waals surface area contributed by atoms with E-state index in [1.54, 1.807) is 16.7 Å². The average molecular weight is 433 g/mol. The zero-order valence-corrected chi connectivity index (χ0v) is 17.8. The van der Waals surface area contributed by atoms with Crippen LogP contribution in [0.15, 0.2) is 34.7 Å². The Labute approximate surface area is 180 Å². The Hall–Kier alpha value is -2.75. The Balaban J connectivity index is 0.00000256. The summed E-state index contributed by atoms with van der Waals surface area (Å²) in [4.78, 5) is 23.7. The molecule has 0 radical (unpaired) electrons. The highest BCUT2D eigenvalue weighted by atomic mass is 35.5. The minimum absolute atomic E-state index is 0. The normalized spacial score (nSPS) is 14.2. The molecular weight excluding hydrogens is 408 g/mol. The third-order valence-electron chi connectivity index (χ3n) is 4.82. The second-order valence-corrected chi connectivity index (χ2v) is 7.08. The number of halogens is 1. The van der Waals surface area contributed by atoms with E-state index < -0.39 is 0 Å². The number of hydrogen-bond donors (Lipinski definition) is 1. The zero-order chi connectivity index (χ0) is 20.4. The van der Waals surface area contributed by atoms with Crippen LogP contribution in [0.3, 0.4) is 0 Å². The summed E-state index contributed by atoms with van der Waals surface area (Å²) >= 11 is 0. The van der Waals surface area contributed by atoms with Crippen molar-refractivity contribution in [1.82, 2.24) is 24.6 Å². The monoisotopic (exact) mass is 432 g/mol. The fourth-order valence-corrected chi connectivity index (χ4v) is 3.40. The van der Waals surface area contributed by atoms with Gasteiger partial charge in [0.1, 0.15) is 30.4 Å². The van der Waals surface area contributed by atoms with Gasteiger partial charge >= 0.3 is 0 Å². The summed E-state index contributed by atoms with van der Waals surface area (Å²) in [6.07, 6.45) is 0.630. The molecule has 10 heteroatoms. The number of carbonyl (C=O) groups is 1. The van der Waals surface area contributed by atoms with E-state index in [1.165, 1.54) is 0 Å². The van der Waals surface area contributed by atoms with Crippen LogP contribution in [0.1, 0.15) is 36.1 Å². The van der Waals surface area contributed by atoms with Crippen LogP contribution in [0, 0.1) is 0 Å². The van der Waals surface area contributed by atoms with Crippen LogP contribution in [0.5, 0.6) is 0 Å². The zero-order valence-electron chi connectivity index (χ0n) is 16.9. The number of oxazole rings is 1. The fourth-order valence-electron chi connectivity index (χ4n) is 3.40. The molecule has 0 saturated heterocycles. The van der Waals surface area contributed by atoms with E-state index in [1.807, 2.05) is 37.3 Å². The largest absolute Gasteiger partial charge is 0.443 e. The first-order valence-electron chi connectivity index (χ1n) is 9.55. The van der Waals surface area contributed by atoms with Gasteiger partial charge in [0.25, 0.3) is 0 Å². The predicted octanol–water partition coefficient (Wildman–Crippen LogP) is 2.11. The van der Waals surface area contributed by atoms with Crippen LogP contribution in [0.4, 0.5) is 0 Å². The van der Waals surface area contributed by atoms with Crippen LogP contribution in [0.25, 0.3) is 11.4 Å². The molecule has 30 heavy (non-hydrogen) atoms. The minimum Gasteiger partial charge on any atom is -0.443 e. The molecule has 3 heterocycles. The summed E-state index contributed by atoms with van der Waals surface area (Å²) in [6.45, 7) is 3.21. The summed E-state index contributed by atoms with van der Waals surface area (Å²) < 4.78 is 12.3. The Kier molecular flexibility index (Phi) is 6.86. The van der Waals surface area contributed by atoms with Crippen LogP contribution in [0.2, 0.25) is 0 Å². The van der Waals surface area contributed by atoms with Gasteiger partial charge < -0.3 is 19.8 Å². The van der Waals surface area contributed by atoms with E-state index in [2.05, 4.69) is 15.1 Å². The fraction of sp³-hybridized carbons (Fsp3) is 0.400. The highest BCUT2D eigenvalue weighted by Crippen LogP contribution is 2.22. The Morgan fingerprint density at radius 1 is 1.30 bits per heavy atom. The molecule has 0 bridgehead atoms. The highest BCUT2D eigenvalue weighted by Gasteiger charge is 2.27. The summed E-state index contributed by atoms with van der Waals surface area (Å²) in [5.74, 6) is 2.45. The molecule has 0 saturated carbocycles. The average Bonchev–Trinajstić information content (AvgIpc) is 3.32. The molecule has 1 amide bonds. The third kappa shape index (κ3) is 4.53. The lowest BCUT2D eigenvalue weighted by molar-refractivity contribution is -0.133.